The summed E-state index contributed by atoms with van der Waals surface area (Å²) in [7, 11) is -1.35. The molecule has 0 aliphatic carbocycles. The van der Waals surface area contributed by atoms with Crippen molar-refractivity contribution in [1.82, 2.24) is 5.48 Å². The highest BCUT2D eigenvalue weighted by Gasteiger charge is 2.13. The second kappa shape index (κ2) is 3.82. The quantitative estimate of drug-likeness (QED) is 0.280. The number of hydrogen-bond donors (Lipinski definition) is 1. The number of hydroxylamine groups is 1. The summed E-state index contributed by atoms with van der Waals surface area (Å²) in [5.74, 6) is 0. The van der Waals surface area contributed by atoms with Crippen LogP contribution < -0.4 is 5.48 Å². The SMILES string of the molecule is C=CCNO[Si](C)(C)C. The van der Waals surface area contributed by atoms with E-state index in [1.54, 1.807) is 6.08 Å². The average Bonchev–Trinajstić information content (AvgIpc) is 1.63. The topological polar surface area (TPSA) is 21.3 Å². The molecule has 0 fully saturated rings. The van der Waals surface area contributed by atoms with Crippen molar-refractivity contribution in [3.63, 3.8) is 0 Å². The molecular weight excluding hydrogens is 130 g/mol. The molecule has 0 rings (SSSR count). The van der Waals surface area contributed by atoms with Gasteiger partial charge in [-0.1, -0.05) is 6.08 Å². The van der Waals surface area contributed by atoms with Crippen LogP contribution in [-0.4, -0.2) is 14.9 Å². The second-order valence-corrected chi connectivity index (χ2v) is 7.28. The number of hydrogen-bond acceptors (Lipinski definition) is 2. The van der Waals surface area contributed by atoms with Crippen LogP contribution in [0.15, 0.2) is 12.7 Å². The van der Waals surface area contributed by atoms with Crippen molar-refractivity contribution in [1.29, 1.82) is 0 Å². The Labute approximate surface area is 58.0 Å². The molecule has 0 aromatic heterocycles. The zero-order chi connectivity index (χ0) is 7.33. The summed E-state index contributed by atoms with van der Waals surface area (Å²) in [4.78, 5) is 0. The van der Waals surface area contributed by atoms with Gasteiger partial charge in [-0.3, -0.25) is 0 Å². The van der Waals surface area contributed by atoms with Crippen LogP contribution in [0.4, 0.5) is 0 Å². The van der Waals surface area contributed by atoms with E-state index in [-0.39, 0.29) is 0 Å². The molecule has 0 radical (unpaired) electrons. The Bertz CT molecular complexity index is 87.5. The van der Waals surface area contributed by atoms with E-state index in [2.05, 4.69) is 31.7 Å². The summed E-state index contributed by atoms with van der Waals surface area (Å²) >= 11 is 0. The lowest BCUT2D eigenvalue weighted by atomic mass is 10.7. The first kappa shape index (κ1) is 8.88. The van der Waals surface area contributed by atoms with Crippen LogP contribution in [0.1, 0.15) is 0 Å². The number of rotatable bonds is 4. The molecular formula is C6H15NOSi. The minimum atomic E-state index is -1.35. The zero-order valence-electron chi connectivity index (χ0n) is 6.40. The Morgan fingerprint density at radius 2 is 2.11 bits per heavy atom. The van der Waals surface area contributed by atoms with E-state index in [9.17, 15) is 0 Å². The highest BCUT2D eigenvalue weighted by atomic mass is 28.4. The maximum absolute atomic E-state index is 5.29. The van der Waals surface area contributed by atoms with Gasteiger partial charge in [-0.05, 0) is 19.6 Å². The first-order valence-corrected chi connectivity index (χ1v) is 6.49. The van der Waals surface area contributed by atoms with Crippen molar-refractivity contribution in [2.45, 2.75) is 19.6 Å². The highest BCUT2D eigenvalue weighted by molar-refractivity contribution is 6.69. The molecule has 1 N–H and O–H groups in total. The Kier molecular flexibility index (Phi) is 3.77. The summed E-state index contributed by atoms with van der Waals surface area (Å²) in [6.07, 6.45) is 1.78. The lowest BCUT2D eigenvalue weighted by Crippen LogP contribution is -2.33. The van der Waals surface area contributed by atoms with E-state index in [0.717, 1.165) is 6.54 Å². The van der Waals surface area contributed by atoms with E-state index in [4.69, 9.17) is 4.53 Å². The number of nitrogens with one attached hydrogen (secondary N) is 1. The molecule has 0 aromatic carbocycles. The Balaban J connectivity index is 3.17. The lowest BCUT2D eigenvalue weighted by Gasteiger charge is -2.15. The molecule has 0 spiro atoms. The van der Waals surface area contributed by atoms with E-state index in [1.807, 2.05) is 0 Å². The Morgan fingerprint density at radius 1 is 1.56 bits per heavy atom. The van der Waals surface area contributed by atoms with Crippen LogP contribution in [-0.2, 0) is 4.53 Å². The van der Waals surface area contributed by atoms with E-state index >= 15 is 0 Å². The van der Waals surface area contributed by atoms with Crippen molar-refractivity contribution in [2.75, 3.05) is 6.54 Å². The Hall–Kier alpha value is -0.123. The maximum atomic E-state index is 5.29. The molecule has 0 saturated heterocycles. The minimum Gasteiger partial charge on any atom is -0.346 e. The lowest BCUT2D eigenvalue weighted by molar-refractivity contribution is 0.201. The summed E-state index contributed by atoms with van der Waals surface area (Å²) in [5.41, 5.74) is 2.82. The fourth-order valence-corrected chi connectivity index (χ4v) is 0.833. The molecule has 0 bridgehead atoms. The molecule has 0 aliphatic rings. The van der Waals surface area contributed by atoms with Gasteiger partial charge in [0.25, 0.3) is 0 Å². The second-order valence-electron chi connectivity index (χ2n) is 2.85. The van der Waals surface area contributed by atoms with Gasteiger partial charge in [-0.15, -0.1) is 6.58 Å². The van der Waals surface area contributed by atoms with Crippen LogP contribution in [0, 0.1) is 0 Å². The fraction of sp³-hybridized carbons (Fsp3) is 0.667. The molecule has 3 heteroatoms. The van der Waals surface area contributed by atoms with Gasteiger partial charge in [0.2, 0.25) is 8.32 Å². The van der Waals surface area contributed by atoms with E-state index in [1.165, 1.54) is 0 Å². The molecule has 54 valence electrons. The van der Waals surface area contributed by atoms with Crippen molar-refractivity contribution in [2.24, 2.45) is 0 Å². The molecule has 2 nitrogen and oxygen atoms in total. The zero-order valence-corrected chi connectivity index (χ0v) is 7.40. The van der Waals surface area contributed by atoms with Gasteiger partial charge < -0.3 is 4.53 Å². The third-order valence-corrected chi connectivity index (χ3v) is 1.36. The standard InChI is InChI=1S/C6H15NOSi/c1-5-6-7-8-9(2,3)4/h5,7H,1,6H2,2-4H3. The molecule has 0 amide bonds. The molecule has 0 atom stereocenters. The Morgan fingerprint density at radius 3 is 2.44 bits per heavy atom. The van der Waals surface area contributed by atoms with Crippen molar-refractivity contribution in [3.8, 4) is 0 Å². The van der Waals surface area contributed by atoms with Gasteiger partial charge in [-0.25, -0.2) is 5.48 Å². The van der Waals surface area contributed by atoms with Crippen LogP contribution in [0.25, 0.3) is 0 Å². The van der Waals surface area contributed by atoms with Crippen LogP contribution in [0.3, 0.4) is 0 Å². The molecule has 9 heavy (non-hydrogen) atoms. The monoisotopic (exact) mass is 145 g/mol. The highest BCUT2D eigenvalue weighted by Crippen LogP contribution is 1.98. The predicted octanol–water partition coefficient (Wildman–Crippen LogP) is 1.53. The summed E-state index contributed by atoms with van der Waals surface area (Å²) in [6.45, 7) is 10.7. The van der Waals surface area contributed by atoms with Gasteiger partial charge in [0.15, 0.2) is 0 Å². The molecule has 0 saturated carbocycles. The van der Waals surface area contributed by atoms with Crippen LogP contribution >= 0.6 is 0 Å². The van der Waals surface area contributed by atoms with Crippen molar-refractivity contribution in [3.05, 3.63) is 12.7 Å². The summed E-state index contributed by atoms with van der Waals surface area (Å²) in [6, 6.07) is 0. The van der Waals surface area contributed by atoms with Crippen molar-refractivity contribution < 1.29 is 4.53 Å². The summed E-state index contributed by atoms with van der Waals surface area (Å²) in [5, 5.41) is 0. The van der Waals surface area contributed by atoms with Gasteiger partial charge in [0.1, 0.15) is 0 Å². The summed E-state index contributed by atoms with van der Waals surface area (Å²) < 4.78 is 5.29. The maximum Gasteiger partial charge on any atom is 0.211 e. The minimum absolute atomic E-state index is 0.726. The first-order chi connectivity index (χ1) is 4.06. The smallest absolute Gasteiger partial charge is 0.211 e. The normalized spacial score (nSPS) is 11.4. The first-order valence-electron chi connectivity index (χ1n) is 3.08. The van der Waals surface area contributed by atoms with Gasteiger partial charge in [-0.2, -0.15) is 0 Å². The molecule has 0 aliphatic heterocycles. The van der Waals surface area contributed by atoms with Gasteiger partial charge in [0.05, 0.1) is 0 Å². The third-order valence-electron chi connectivity index (χ3n) is 0.606. The fourth-order valence-electron chi connectivity index (χ4n) is 0.317. The van der Waals surface area contributed by atoms with E-state index in [0.29, 0.717) is 0 Å². The largest absolute Gasteiger partial charge is 0.346 e. The van der Waals surface area contributed by atoms with Crippen LogP contribution in [0.5, 0.6) is 0 Å². The van der Waals surface area contributed by atoms with Crippen molar-refractivity contribution >= 4 is 8.32 Å². The molecule has 0 heterocycles. The van der Waals surface area contributed by atoms with Gasteiger partial charge in [0, 0.05) is 6.54 Å². The third kappa shape index (κ3) is 7.88. The van der Waals surface area contributed by atoms with E-state index < -0.39 is 8.32 Å². The van der Waals surface area contributed by atoms with Gasteiger partial charge >= 0.3 is 0 Å². The molecule has 0 aromatic rings. The molecule has 0 unspecified atom stereocenters. The average molecular weight is 145 g/mol. The predicted molar refractivity (Wildman–Crippen MR) is 42.6 cm³/mol. The van der Waals surface area contributed by atoms with Crippen LogP contribution in [0.2, 0.25) is 19.6 Å².